The molecule has 0 saturated heterocycles. The van der Waals surface area contributed by atoms with Crippen LogP contribution in [0.25, 0.3) is 0 Å². The van der Waals surface area contributed by atoms with E-state index in [0.29, 0.717) is 11.6 Å². The van der Waals surface area contributed by atoms with Crippen molar-refractivity contribution in [2.24, 2.45) is 4.99 Å². The van der Waals surface area contributed by atoms with Crippen LogP contribution in [0.5, 0.6) is 5.88 Å². The molecular weight excluding hydrogens is 392 g/mol. The molecule has 0 fully saturated rings. The van der Waals surface area contributed by atoms with Gasteiger partial charge in [0.1, 0.15) is 4.90 Å². The van der Waals surface area contributed by atoms with E-state index in [1.54, 1.807) is 25.3 Å². The van der Waals surface area contributed by atoms with Crippen LogP contribution in [0.2, 0.25) is 0 Å². The summed E-state index contributed by atoms with van der Waals surface area (Å²) < 4.78 is 37.5. The van der Waals surface area contributed by atoms with Crippen LogP contribution in [0.15, 0.2) is 40.2 Å². The average Bonchev–Trinajstić information content (AvgIpc) is 2.66. The van der Waals surface area contributed by atoms with Crippen LogP contribution in [0.3, 0.4) is 0 Å². The fourth-order valence-corrected chi connectivity index (χ4v) is 3.95. The Bertz CT molecular complexity index is 977. The molecule has 0 radical (unpaired) electrons. The van der Waals surface area contributed by atoms with E-state index in [-0.39, 0.29) is 21.6 Å². The van der Waals surface area contributed by atoms with E-state index in [1.807, 2.05) is 0 Å². The molecule has 0 atom stereocenters. The molecule has 0 unspecified atom stereocenters. The van der Waals surface area contributed by atoms with E-state index in [1.165, 1.54) is 32.4 Å². The van der Waals surface area contributed by atoms with Gasteiger partial charge in [-0.1, -0.05) is 23.9 Å². The number of benzene rings is 1. The van der Waals surface area contributed by atoms with E-state index in [4.69, 9.17) is 4.74 Å². The lowest BCUT2D eigenvalue weighted by molar-refractivity contribution is 0.0596. The van der Waals surface area contributed by atoms with Gasteiger partial charge in [0.15, 0.2) is 5.17 Å². The smallest absolute Gasteiger partial charge is 0.339 e. The van der Waals surface area contributed by atoms with Gasteiger partial charge >= 0.3 is 5.97 Å². The van der Waals surface area contributed by atoms with Crippen molar-refractivity contribution in [1.29, 1.82) is 0 Å². The summed E-state index contributed by atoms with van der Waals surface area (Å²) in [5, 5.41) is 0.0299. The average molecular weight is 410 g/mol. The summed E-state index contributed by atoms with van der Waals surface area (Å²) in [6.45, 7) is 1.73. The second-order valence-electron chi connectivity index (χ2n) is 5.07. The van der Waals surface area contributed by atoms with Crippen LogP contribution in [0.4, 0.5) is 5.95 Å². The number of carbonyl (C=O) groups is 1. The van der Waals surface area contributed by atoms with Crippen LogP contribution in [0.1, 0.15) is 16.1 Å². The summed E-state index contributed by atoms with van der Waals surface area (Å²) in [5.41, 5.74) is 0.529. The van der Waals surface area contributed by atoms with Crippen molar-refractivity contribution in [2.45, 2.75) is 11.8 Å². The molecule has 0 amide bonds. The number of aryl methyl sites for hydroxylation is 1. The third kappa shape index (κ3) is 5.17. The Kier molecular flexibility index (Phi) is 6.75. The quantitative estimate of drug-likeness (QED) is 0.451. The minimum atomic E-state index is -4.09. The molecule has 0 spiro atoms. The highest BCUT2D eigenvalue weighted by atomic mass is 32.2. The molecule has 0 aliphatic rings. The van der Waals surface area contributed by atoms with Crippen molar-refractivity contribution in [3.05, 3.63) is 41.6 Å². The maximum absolute atomic E-state index is 12.7. The van der Waals surface area contributed by atoms with Gasteiger partial charge in [-0.15, -0.1) is 0 Å². The number of aromatic nitrogens is 2. The second-order valence-corrected chi connectivity index (χ2v) is 7.51. The van der Waals surface area contributed by atoms with Crippen LogP contribution in [-0.2, 0) is 14.8 Å². The van der Waals surface area contributed by atoms with Gasteiger partial charge in [-0.3, -0.25) is 4.72 Å². The van der Waals surface area contributed by atoms with Crippen molar-refractivity contribution in [2.75, 3.05) is 20.5 Å². The molecule has 2 aromatic rings. The number of ether oxygens (including phenoxy) is 2. The maximum Gasteiger partial charge on any atom is 0.339 e. The highest BCUT2D eigenvalue weighted by molar-refractivity contribution is 8.14. The molecule has 2 rings (SSSR count). The third-order valence-electron chi connectivity index (χ3n) is 3.23. The van der Waals surface area contributed by atoms with E-state index < -0.39 is 16.0 Å². The lowest BCUT2D eigenvalue weighted by Crippen LogP contribution is -2.29. The molecule has 9 nitrogen and oxygen atoms in total. The number of amidine groups is 1. The standard InChI is InChI=1S/C16H18N4O5S2/c1-10-9-13(24-2)18-15(17-10)19-16(26-4)20-27(22,23)12-8-6-5-7-11(12)14(21)25-3/h5-9H,1-4H3,(H,17,18,19,20). The zero-order chi connectivity index (χ0) is 20.0. The molecular formula is C16H18N4O5S2. The van der Waals surface area contributed by atoms with Crippen LogP contribution in [0, 0.1) is 6.92 Å². The van der Waals surface area contributed by atoms with Crippen molar-refractivity contribution < 1.29 is 22.7 Å². The Balaban J connectivity index is 2.41. The van der Waals surface area contributed by atoms with E-state index in [2.05, 4.69) is 24.4 Å². The normalized spacial score (nSPS) is 11.8. The summed E-state index contributed by atoms with van der Waals surface area (Å²) in [7, 11) is -1.46. The zero-order valence-electron chi connectivity index (χ0n) is 15.1. The fourth-order valence-electron chi connectivity index (χ4n) is 2.03. The lowest BCUT2D eigenvalue weighted by Gasteiger charge is -2.11. The number of nitrogens with zero attached hydrogens (tertiary/aromatic N) is 3. The van der Waals surface area contributed by atoms with Gasteiger partial charge < -0.3 is 9.47 Å². The first-order chi connectivity index (χ1) is 12.8. The number of hydrogen-bond acceptors (Lipinski definition) is 9. The van der Waals surface area contributed by atoms with Gasteiger partial charge in [0.2, 0.25) is 5.88 Å². The highest BCUT2D eigenvalue weighted by Gasteiger charge is 2.24. The number of rotatable bonds is 5. The Morgan fingerprint density at radius 3 is 2.56 bits per heavy atom. The number of carbonyl (C=O) groups excluding carboxylic acids is 1. The first-order valence-corrected chi connectivity index (χ1v) is 10.2. The molecule has 1 heterocycles. The number of methoxy groups -OCH3 is 2. The van der Waals surface area contributed by atoms with Crippen molar-refractivity contribution >= 4 is 38.9 Å². The number of hydrogen-bond donors (Lipinski definition) is 1. The minimum Gasteiger partial charge on any atom is -0.481 e. The number of thioether (sulfide) groups is 1. The first-order valence-electron chi connectivity index (χ1n) is 7.53. The van der Waals surface area contributed by atoms with Gasteiger partial charge in [-0.05, 0) is 25.3 Å². The third-order valence-corrected chi connectivity index (χ3v) is 5.33. The summed E-state index contributed by atoms with van der Waals surface area (Å²) in [4.78, 5) is 23.9. The Morgan fingerprint density at radius 2 is 1.93 bits per heavy atom. The SMILES string of the molecule is COC(=O)c1ccccc1S(=O)(=O)N/C(=N/c1nc(C)cc(OC)n1)SC. The topological polar surface area (TPSA) is 120 Å². The van der Waals surface area contributed by atoms with Crippen LogP contribution < -0.4 is 9.46 Å². The van der Waals surface area contributed by atoms with Gasteiger partial charge in [0.05, 0.1) is 19.8 Å². The molecule has 11 heteroatoms. The molecule has 0 aliphatic heterocycles. The van der Waals surface area contributed by atoms with E-state index in [0.717, 1.165) is 11.8 Å². The largest absolute Gasteiger partial charge is 0.481 e. The maximum atomic E-state index is 12.7. The van der Waals surface area contributed by atoms with Crippen molar-refractivity contribution in [1.82, 2.24) is 14.7 Å². The molecule has 144 valence electrons. The fraction of sp³-hybridized carbons (Fsp3) is 0.250. The number of aliphatic imine (C=N–C) groups is 1. The lowest BCUT2D eigenvalue weighted by atomic mass is 10.2. The number of nitrogens with one attached hydrogen (secondary N) is 1. The van der Waals surface area contributed by atoms with Crippen molar-refractivity contribution in [3.8, 4) is 5.88 Å². The predicted molar refractivity (Wildman–Crippen MR) is 102 cm³/mol. The molecule has 0 aliphatic carbocycles. The zero-order valence-corrected chi connectivity index (χ0v) is 16.7. The molecule has 1 aromatic carbocycles. The van der Waals surface area contributed by atoms with Crippen molar-refractivity contribution in [3.63, 3.8) is 0 Å². The molecule has 0 saturated carbocycles. The second kappa shape index (κ2) is 8.82. The molecule has 0 bridgehead atoms. The first kappa shape index (κ1) is 20.6. The summed E-state index contributed by atoms with van der Waals surface area (Å²) >= 11 is 1.05. The Morgan fingerprint density at radius 1 is 1.22 bits per heavy atom. The highest BCUT2D eigenvalue weighted by Crippen LogP contribution is 2.19. The van der Waals surface area contributed by atoms with Gasteiger partial charge in [-0.25, -0.2) is 18.2 Å². The Hall–Kier alpha value is -2.66. The van der Waals surface area contributed by atoms with E-state index >= 15 is 0 Å². The summed E-state index contributed by atoms with van der Waals surface area (Å²) in [6.07, 6.45) is 1.64. The van der Waals surface area contributed by atoms with Gasteiger partial charge in [0, 0.05) is 11.8 Å². The van der Waals surface area contributed by atoms with Crippen LogP contribution in [-0.4, -0.2) is 50.0 Å². The van der Waals surface area contributed by atoms with Gasteiger partial charge in [0.25, 0.3) is 16.0 Å². The summed E-state index contributed by atoms with van der Waals surface area (Å²) in [5.74, 6) is -0.411. The molecule has 1 aromatic heterocycles. The molecule has 27 heavy (non-hydrogen) atoms. The minimum absolute atomic E-state index is 0.0299. The molecule has 1 N–H and O–H groups in total. The predicted octanol–water partition coefficient (Wildman–Crippen LogP) is 1.91. The van der Waals surface area contributed by atoms with E-state index in [9.17, 15) is 13.2 Å². The summed E-state index contributed by atoms with van der Waals surface area (Å²) in [6, 6.07) is 7.34. The monoisotopic (exact) mass is 410 g/mol. The number of esters is 1. The number of sulfonamides is 1. The van der Waals surface area contributed by atoms with Gasteiger partial charge in [-0.2, -0.15) is 9.98 Å². The Labute approximate surface area is 161 Å². The van der Waals surface area contributed by atoms with Crippen LogP contribution >= 0.6 is 11.8 Å².